The summed E-state index contributed by atoms with van der Waals surface area (Å²) >= 11 is 5.84. The Bertz CT molecular complexity index is 835. The first kappa shape index (κ1) is 20.6. The van der Waals surface area contributed by atoms with Crippen molar-refractivity contribution in [1.29, 1.82) is 0 Å². The van der Waals surface area contributed by atoms with Gasteiger partial charge in [-0.1, -0.05) is 11.6 Å². The summed E-state index contributed by atoms with van der Waals surface area (Å²) < 4.78 is 43.4. The molecule has 5 nitrogen and oxygen atoms in total. The Balaban J connectivity index is 1.62. The second kappa shape index (κ2) is 8.46. The normalized spacial score (nSPS) is 16.2. The maximum atomic E-state index is 12.7. The first-order valence-corrected chi connectivity index (χ1v) is 9.05. The van der Waals surface area contributed by atoms with Gasteiger partial charge in [-0.25, -0.2) is 4.98 Å². The molecule has 3 rings (SSSR count). The van der Waals surface area contributed by atoms with Crippen LogP contribution < -0.4 is 4.74 Å². The van der Waals surface area contributed by atoms with E-state index in [1.165, 1.54) is 0 Å². The minimum atomic E-state index is -4.53. The average molecular weight is 414 g/mol. The van der Waals surface area contributed by atoms with E-state index in [-0.39, 0.29) is 16.7 Å². The van der Waals surface area contributed by atoms with Crippen LogP contribution in [0.4, 0.5) is 13.2 Å². The number of nitrogens with zero attached hydrogens (tertiary/aromatic N) is 3. The van der Waals surface area contributed by atoms with Crippen molar-refractivity contribution in [2.75, 3.05) is 39.8 Å². The highest BCUT2D eigenvalue weighted by Crippen LogP contribution is 2.34. The van der Waals surface area contributed by atoms with E-state index in [2.05, 4.69) is 21.8 Å². The number of hydrogen-bond donors (Lipinski definition) is 0. The van der Waals surface area contributed by atoms with E-state index in [1.807, 2.05) is 0 Å². The Morgan fingerprint density at radius 2 is 1.82 bits per heavy atom. The van der Waals surface area contributed by atoms with Crippen LogP contribution in [0.5, 0.6) is 11.6 Å². The van der Waals surface area contributed by atoms with Crippen molar-refractivity contribution in [2.45, 2.75) is 6.18 Å². The largest absolute Gasteiger partial charge is 0.438 e. The summed E-state index contributed by atoms with van der Waals surface area (Å²) in [5, 5.41) is -0.245. The summed E-state index contributed by atoms with van der Waals surface area (Å²) in [7, 11) is 2.05. The van der Waals surface area contributed by atoms with Gasteiger partial charge in [0.25, 0.3) is 0 Å². The number of likely N-dealkylation sites (N-methyl/N-ethyl adjacent to an activating group) is 1. The number of ketones is 1. The number of ether oxygens (including phenoxy) is 1. The Labute approximate surface area is 165 Å². The molecule has 1 aromatic heterocycles. The highest BCUT2D eigenvalue weighted by Gasteiger charge is 2.31. The summed E-state index contributed by atoms with van der Waals surface area (Å²) in [4.78, 5) is 20.4. The molecule has 0 bridgehead atoms. The highest BCUT2D eigenvalue weighted by molar-refractivity contribution is 6.31. The van der Waals surface area contributed by atoms with Gasteiger partial charge >= 0.3 is 6.18 Å². The molecule has 1 fully saturated rings. The van der Waals surface area contributed by atoms with Gasteiger partial charge in [0.2, 0.25) is 5.88 Å². The summed E-state index contributed by atoms with van der Waals surface area (Å²) in [5.74, 6) is 0.193. The Morgan fingerprint density at radius 3 is 2.39 bits per heavy atom. The van der Waals surface area contributed by atoms with Gasteiger partial charge in [-0.05, 0) is 37.4 Å². The van der Waals surface area contributed by atoms with E-state index < -0.39 is 11.7 Å². The van der Waals surface area contributed by atoms with Crippen molar-refractivity contribution < 1.29 is 22.7 Å². The molecule has 0 N–H and O–H groups in total. The second-order valence-electron chi connectivity index (χ2n) is 6.64. The van der Waals surface area contributed by atoms with Crippen LogP contribution >= 0.6 is 11.6 Å². The van der Waals surface area contributed by atoms with Gasteiger partial charge in [-0.3, -0.25) is 9.69 Å². The Hall–Kier alpha value is -2.16. The van der Waals surface area contributed by atoms with Crippen LogP contribution in [0.2, 0.25) is 5.02 Å². The molecule has 0 amide bonds. The Morgan fingerprint density at radius 1 is 1.18 bits per heavy atom. The van der Waals surface area contributed by atoms with Crippen molar-refractivity contribution >= 4 is 17.4 Å². The lowest BCUT2D eigenvalue weighted by Gasteiger charge is -2.31. The first-order chi connectivity index (χ1) is 13.2. The number of carbonyl (C=O) groups is 1. The molecule has 1 aromatic carbocycles. The lowest BCUT2D eigenvalue weighted by atomic mass is 10.1. The van der Waals surface area contributed by atoms with E-state index in [1.54, 1.807) is 24.3 Å². The van der Waals surface area contributed by atoms with E-state index in [4.69, 9.17) is 16.3 Å². The standard InChI is InChI=1S/C19H19ClF3N3O2/c1-25-6-8-26(9-7-25)12-17(27)13-2-4-15(5-3-13)28-18-16(20)10-14(11-24-18)19(21,22)23/h2-5,10-11H,6-9,12H2,1H3. The summed E-state index contributed by atoms with van der Waals surface area (Å²) in [6.45, 7) is 3.91. The molecule has 1 aliphatic heterocycles. The Kier molecular flexibility index (Phi) is 6.22. The zero-order chi connectivity index (χ0) is 20.3. The molecule has 0 aliphatic carbocycles. The van der Waals surface area contributed by atoms with Gasteiger partial charge in [-0.2, -0.15) is 13.2 Å². The fourth-order valence-electron chi connectivity index (χ4n) is 2.78. The van der Waals surface area contributed by atoms with Crippen molar-refractivity contribution in [2.24, 2.45) is 0 Å². The lowest BCUT2D eigenvalue weighted by molar-refractivity contribution is -0.137. The van der Waals surface area contributed by atoms with Gasteiger partial charge in [0, 0.05) is 37.9 Å². The SMILES string of the molecule is CN1CCN(CC(=O)c2ccc(Oc3ncc(C(F)(F)F)cc3Cl)cc2)CC1. The maximum Gasteiger partial charge on any atom is 0.417 e. The number of piperazine rings is 1. The molecule has 28 heavy (non-hydrogen) atoms. The third-order valence-corrected chi connectivity index (χ3v) is 4.76. The van der Waals surface area contributed by atoms with Crippen LogP contribution in [0, 0.1) is 0 Å². The third-order valence-electron chi connectivity index (χ3n) is 4.49. The number of benzene rings is 1. The number of aromatic nitrogens is 1. The molecule has 2 aromatic rings. The van der Waals surface area contributed by atoms with Crippen LogP contribution in [0.25, 0.3) is 0 Å². The molecule has 0 atom stereocenters. The predicted octanol–water partition coefficient (Wildman–Crippen LogP) is 3.98. The van der Waals surface area contributed by atoms with Crippen LogP contribution in [0.3, 0.4) is 0 Å². The van der Waals surface area contributed by atoms with Gasteiger partial charge in [0.15, 0.2) is 5.78 Å². The molecule has 1 saturated heterocycles. The summed E-state index contributed by atoms with van der Waals surface area (Å²) in [5.41, 5.74) is -0.410. The fraction of sp³-hybridized carbons (Fsp3) is 0.368. The summed E-state index contributed by atoms with van der Waals surface area (Å²) in [6, 6.07) is 7.12. The smallest absolute Gasteiger partial charge is 0.417 e. The fourth-order valence-corrected chi connectivity index (χ4v) is 2.98. The number of alkyl halides is 3. The highest BCUT2D eigenvalue weighted by atomic mass is 35.5. The maximum absolute atomic E-state index is 12.7. The van der Waals surface area contributed by atoms with Crippen LogP contribution in [0.1, 0.15) is 15.9 Å². The van der Waals surface area contributed by atoms with Crippen molar-refractivity contribution in [1.82, 2.24) is 14.8 Å². The number of halogens is 4. The van der Waals surface area contributed by atoms with E-state index >= 15 is 0 Å². The number of hydrogen-bond acceptors (Lipinski definition) is 5. The first-order valence-electron chi connectivity index (χ1n) is 8.67. The van der Waals surface area contributed by atoms with E-state index in [0.29, 0.717) is 24.1 Å². The zero-order valence-corrected chi connectivity index (χ0v) is 15.9. The van der Waals surface area contributed by atoms with Crippen molar-refractivity contribution in [3.8, 4) is 11.6 Å². The molecule has 9 heteroatoms. The number of rotatable bonds is 5. The van der Waals surface area contributed by atoms with Gasteiger partial charge in [-0.15, -0.1) is 0 Å². The molecular formula is C19H19ClF3N3O2. The number of Topliss-reactive ketones (excluding diaryl/α,β-unsaturated/α-hetero) is 1. The lowest BCUT2D eigenvalue weighted by Crippen LogP contribution is -2.46. The minimum Gasteiger partial charge on any atom is -0.438 e. The van der Waals surface area contributed by atoms with Crippen LogP contribution in [-0.2, 0) is 6.18 Å². The molecule has 1 aliphatic rings. The van der Waals surface area contributed by atoms with Gasteiger partial charge < -0.3 is 9.64 Å². The van der Waals surface area contributed by atoms with Crippen LogP contribution in [-0.4, -0.2) is 60.3 Å². The monoisotopic (exact) mass is 413 g/mol. The van der Waals surface area contributed by atoms with Gasteiger partial charge in [0.1, 0.15) is 10.8 Å². The van der Waals surface area contributed by atoms with Crippen LogP contribution in [0.15, 0.2) is 36.5 Å². The number of pyridine rings is 1. The second-order valence-corrected chi connectivity index (χ2v) is 7.04. The van der Waals surface area contributed by atoms with Gasteiger partial charge in [0.05, 0.1) is 12.1 Å². The molecule has 0 radical (unpaired) electrons. The molecule has 2 heterocycles. The average Bonchev–Trinajstić information content (AvgIpc) is 2.65. The third kappa shape index (κ3) is 5.21. The predicted molar refractivity (Wildman–Crippen MR) is 99.0 cm³/mol. The molecular weight excluding hydrogens is 395 g/mol. The van der Waals surface area contributed by atoms with Crippen molar-refractivity contribution in [3.63, 3.8) is 0 Å². The molecule has 0 saturated carbocycles. The molecule has 150 valence electrons. The van der Waals surface area contributed by atoms with Crippen molar-refractivity contribution in [3.05, 3.63) is 52.7 Å². The topological polar surface area (TPSA) is 45.7 Å². The number of carbonyl (C=O) groups excluding carboxylic acids is 1. The molecule has 0 unspecified atom stereocenters. The van der Waals surface area contributed by atoms with E-state index in [9.17, 15) is 18.0 Å². The quantitative estimate of drug-likeness (QED) is 0.694. The zero-order valence-electron chi connectivity index (χ0n) is 15.2. The summed E-state index contributed by atoms with van der Waals surface area (Å²) in [6.07, 6.45) is -3.86. The van der Waals surface area contributed by atoms with E-state index in [0.717, 1.165) is 32.2 Å². The minimum absolute atomic E-state index is 0.00166. The molecule has 0 spiro atoms.